The van der Waals surface area contributed by atoms with Crippen LogP contribution < -0.4 is 0 Å². The average molecular weight is 197 g/mol. The van der Waals surface area contributed by atoms with Crippen molar-refractivity contribution in [1.82, 2.24) is 4.90 Å². The molecule has 1 heterocycles. The van der Waals surface area contributed by atoms with Crippen molar-refractivity contribution in [2.75, 3.05) is 13.1 Å². The number of amides is 1. The van der Waals surface area contributed by atoms with Gasteiger partial charge in [0.2, 0.25) is 0 Å². The van der Waals surface area contributed by atoms with Crippen molar-refractivity contribution in [2.45, 2.75) is 39.2 Å². The molecule has 14 heavy (non-hydrogen) atoms. The molecule has 1 amide bonds. The lowest BCUT2D eigenvalue weighted by Gasteiger charge is -2.23. The second kappa shape index (κ2) is 5.54. The minimum Gasteiger partial charge on any atom is -0.444 e. The van der Waals surface area contributed by atoms with Crippen molar-refractivity contribution in [3.05, 3.63) is 0 Å². The standard InChI is InChI=1S/C9H17NO2.C2H2/c1-9(2,3)12-8(11)10-6-4-5-7-10;1-2/h4-7H2,1-3H3;1-2H. The second-order valence-electron chi connectivity index (χ2n) is 4.17. The van der Waals surface area contributed by atoms with Gasteiger partial charge in [0.15, 0.2) is 0 Å². The van der Waals surface area contributed by atoms with E-state index in [-0.39, 0.29) is 11.7 Å². The summed E-state index contributed by atoms with van der Waals surface area (Å²) in [6.07, 6.45) is 10.1. The normalized spacial score (nSPS) is 15.6. The van der Waals surface area contributed by atoms with E-state index in [0.717, 1.165) is 25.9 Å². The van der Waals surface area contributed by atoms with Gasteiger partial charge in [-0.25, -0.2) is 4.79 Å². The Hall–Kier alpha value is -1.17. The molecule has 80 valence electrons. The van der Waals surface area contributed by atoms with Crippen molar-refractivity contribution in [3.8, 4) is 12.8 Å². The molecule has 0 unspecified atom stereocenters. The van der Waals surface area contributed by atoms with Crippen LogP contribution in [0, 0.1) is 12.8 Å². The molecule has 3 nitrogen and oxygen atoms in total. The third kappa shape index (κ3) is 4.76. The van der Waals surface area contributed by atoms with Crippen LogP contribution >= 0.6 is 0 Å². The number of ether oxygens (including phenoxy) is 1. The summed E-state index contributed by atoms with van der Waals surface area (Å²) in [6, 6.07) is 0. The summed E-state index contributed by atoms with van der Waals surface area (Å²) in [5.74, 6) is 0. The third-order valence-electron chi connectivity index (χ3n) is 1.76. The fourth-order valence-corrected chi connectivity index (χ4v) is 1.23. The smallest absolute Gasteiger partial charge is 0.410 e. The maximum atomic E-state index is 11.4. The molecule has 0 spiro atoms. The fourth-order valence-electron chi connectivity index (χ4n) is 1.23. The molecular formula is C11H19NO2. The number of nitrogens with zero attached hydrogens (tertiary/aromatic N) is 1. The number of hydrogen-bond acceptors (Lipinski definition) is 2. The Kier molecular flexibility index (Phi) is 5.07. The van der Waals surface area contributed by atoms with E-state index in [4.69, 9.17) is 4.74 Å². The largest absolute Gasteiger partial charge is 0.444 e. The summed E-state index contributed by atoms with van der Waals surface area (Å²) in [4.78, 5) is 13.1. The van der Waals surface area contributed by atoms with Gasteiger partial charge in [0.25, 0.3) is 0 Å². The van der Waals surface area contributed by atoms with E-state index < -0.39 is 0 Å². The number of carbonyl (C=O) groups is 1. The van der Waals surface area contributed by atoms with E-state index in [1.54, 1.807) is 4.90 Å². The van der Waals surface area contributed by atoms with Gasteiger partial charge in [-0.1, -0.05) is 0 Å². The minimum absolute atomic E-state index is 0.167. The highest BCUT2D eigenvalue weighted by atomic mass is 16.6. The van der Waals surface area contributed by atoms with Crippen LogP contribution in [-0.4, -0.2) is 29.7 Å². The Morgan fingerprint density at radius 2 is 1.64 bits per heavy atom. The Balaban J connectivity index is 0.000000791. The molecule has 0 atom stereocenters. The van der Waals surface area contributed by atoms with Crippen LogP contribution in [0.1, 0.15) is 33.6 Å². The van der Waals surface area contributed by atoms with E-state index in [2.05, 4.69) is 12.8 Å². The van der Waals surface area contributed by atoms with Crippen LogP contribution in [0.3, 0.4) is 0 Å². The highest BCUT2D eigenvalue weighted by Gasteiger charge is 2.23. The monoisotopic (exact) mass is 197 g/mol. The summed E-state index contributed by atoms with van der Waals surface area (Å²) >= 11 is 0. The maximum Gasteiger partial charge on any atom is 0.410 e. The first-order valence-corrected chi connectivity index (χ1v) is 4.80. The molecule has 0 radical (unpaired) electrons. The van der Waals surface area contributed by atoms with Crippen molar-refractivity contribution in [3.63, 3.8) is 0 Å². The molecule has 0 aliphatic carbocycles. The molecule has 0 aromatic rings. The van der Waals surface area contributed by atoms with Gasteiger partial charge < -0.3 is 9.64 Å². The fraction of sp³-hybridized carbons (Fsp3) is 0.727. The molecule has 0 N–H and O–H groups in total. The predicted molar refractivity (Wildman–Crippen MR) is 56.9 cm³/mol. The van der Waals surface area contributed by atoms with E-state index in [9.17, 15) is 4.79 Å². The molecule has 1 rings (SSSR count). The average Bonchev–Trinajstić information content (AvgIpc) is 2.56. The molecular weight excluding hydrogens is 178 g/mol. The van der Waals surface area contributed by atoms with Crippen molar-refractivity contribution in [1.29, 1.82) is 0 Å². The molecule has 0 aromatic carbocycles. The number of rotatable bonds is 0. The van der Waals surface area contributed by atoms with Gasteiger partial charge in [-0.3, -0.25) is 0 Å². The summed E-state index contributed by atoms with van der Waals surface area (Å²) in [7, 11) is 0. The molecule has 0 bridgehead atoms. The van der Waals surface area contributed by atoms with Crippen molar-refractivity contribution in [2.24, 2.45) is 0 Å². The van der Waals surface area contributed by atoms with Gasteiger partial charge in [-0.05, 0) is 33.6 Å². The van der Waals surface area contributed by atoms with Crippen molar-refractivity contribution >= 4 is 6.09 Å². The first-order chi connectivity index (χ1) is 6.49. The van der Waals surface area contributed by atoms with Crippen LogP contribution in [0.25, 0.3) is 0 Å². The highest BCUT2D eigenvalue weighted by Crippen LogP contribution is 2.14. The van der Waals surface area contributed by atoms with E-state index in [1.807, 2.05) is 20.8 Å². The minimum atomic E-state index is -0.361. The van der Waals surface area contributed by atoms with E-state index in [1.165, 1.54) is 0 Å². The molecule has 0 saturated carbocycles. The topological polar surface area (TPSA) is 29.5 Å². The van der Waals surface area contributed by atoms with Crippen LogP contribution in [0.2, 0.25) is 0 Å². The van der Waals surface area contributed by atoms with Crippen LogP contribution in [-0.2, 0) is 4.74 Å². The van der Waals surface area contributed by atoms with Crippen LogP contribution in [0.5, 0.6) is 0 Å². The number of likely N-dealkylation sites (tertiary alicyclic amines) is 1. The first kappa shape index (κ1) is 12.8. The van der Waals surface area contributed by atoms with E-state index in [0.29, 0.717) is 0 Å². The Labute approximate surface area is 86.4 Å². The quantitative estimate of drug-likeness (QED) is 0.557. The molecule has 1 fully saturated rings. The summed E-state index contributed by atoms with van der Waals surface area (Å²) in [5, 5.41) is 0. The Bertz CT molecular complexity index is 197. The van der Waals surface area contributed by atoms with Crippen LogP contribution in [0.15, 0.2) is 0 Å². The SMILES string of the molecule is C#C.CC(C)(C)OC(=O)N1CCCC1. The zero-order valence-electron chi connectivity index (χ0n) is 9.25. The number of terminal acetylenes is 1. The second-order valence-corrected chi connectivity index (χ2v) is 4.17. The summed E-state index contributed by atoms with van der Waals surface area (Å²) in [5.41, 5.74) is -0.361. The van der Waals surface area contributed by atoms with Gasteiger partial charge in [0.05, 0.1) is 0 Å². The Morgan fingerprint density at radius 3 is 2.00 bits per heavy atom. The van der Waals surface area contributed by atoms with Gasteiger partial charge in [-0.15, -0.1) is 12.8 Å². The Morgan fingerprint density at radius 1 is 1.21 bits per heavy atom. The lowest BCUT2D eigenvalue weighted by atomic mass is 10.2. The number of hydrogen-bond donors (Lipinski definition) is 0. The van der Waals surface area contributed by atoms with E-state index >= 15 is 0 Å². The predicted octanol–water partition coefficient (Wildman–Crippen LogP) is 2.27. The van der Waals surface area contributed by atoms with Gasteiger partial charge in [-0.2, -0.15) is 0 Å². The van der Waals surface area contributed by atoms with Gasteiger partial charge >= 0.3 is 6.09 Å². The zero-order chi connectivity index (χ0) is 11.2. The third-order valence-corrected chi connectivity index (χ3v) is 1.76. The molecule has 0 aromatic heterocycles. The molecule has 1 aliphatic rings. The molecule has 3 heteroatoms. The molecule has 1 saturated heterocycles. The van der Waals surface area contributed by atoms with Crippen LogP contribution in [0.4, 0.5) is 4.79 Å². The first-order valence-electron chi connectivity index (χ1n) is 4.80. The van der Waals surface area contributed by atoms with Gasteiger partial charge in [0.1, 0.15) is 5.60 Å². The zero-order valence-corrected chi connectivity index (χ0v) is 9.25. The van der Waals surface area contributed by atoms with Crippen molar-refractivity contribution < 1.29 is 9.53 Å². The lowest BCUT2D eigenvalue weighted by Crippen LogP contribution is -2.34. The number of carbonyl (C=O) groups excluding carboxylic acids is 1. The van der Waals surface area contributed by atoms with Gasteiger partial charge in [0, 0.05) is 13.1 Å². The highest BCUT2D eigenvalue weighted by molar-refractivity contribution is 5.68. The lowest BCUT2D eigenvalue weighted by molar-refractivity contribution is 0.0295. The summed E-state index contributed by atoms with van der Waals surface area (Å²) in [6.45, 7) is 7.38. The summed E-state index contributed by atoms with van der Waals surface area (Å²) < 4.78 is 5.21. The maximum absolute atomic E-state index is 11.4. The molecule has 1 aliphatic heterocycles.